The largest absolute Gasteiger partial charge is 0.462 e. The Labute approximate surface area is 293 Å². The van der Waals surface area contributed by atoms with Crippen molar-refractivity contribution in [2.75, 3.05) is 12.0 Å². The molecular formula is C37H51N5O8. The van der Waals surface area contributed by atoms with Gasteiger partial charge in [-0.1, -0.05) is 39.3 Å². The number of amides is 1. The Morgan fingerprint density at radius 3 is 2.44 bits per heavy atom. The van der Waals surface area contributed by atoms with Gasteiger partial charge in [0.05, 0.1) is 15.9 Å². The molecule has 4 aliphatic rings. The number of nitrogens with one attached hydrogen (secondary N) is 2. The van der Waals surface area contributed by atoms with Crippen LogP contribution in [0.3, 0.4) is 0 Å². The van der Waals surface area contributed by atoms with E-state index < -0.39 is 15.5 Å². The van der Waals surface area contributed by atoms with Crippen LogP contribution in [-0.2, 0) is 19.1 Å². The highest BCUT2D eigenvalue weighted by Gasteiger charge is 2.62. The molecule has 0 aromatic heterocycles. The maximum absolute atomic E-state index is 13.9. The van der Waals surface area contributed by atoms with Crippen molar-refractivity contribution < 1.29 is 29.0 Å². The van der Waals surface area contributed by atoms with Gasteiger partial charge in [0.2, 0.25) is 5.91 Å². The maximum Gasteiger partial charge on any atom is 0.302 e. The van der Waals surface area contributed by atoms with Gasteiger partial charge in [0.15, 0.2) is 0 Å². The first-order valence-corrected chi connectivity index (χ1v) is 17.9. The zero-order valence-electron chi connectivity index (χ0n) is 30.0. The number of rotatable bonds is 12. The highest BCUT2D eigenvalue weighted by Crippen LogP contribution is 2.66. The first kappa shape index (κ1) is 37.1. The van der Waals surface area contributed by atoms with Gasteiger partial charge >= 0.3 is 11.7 Å². The standard InChI is InChI=1S/C37H51N5O8/c1-21(20-38-23(3)43)7-12-34(45)22(2)35-32(40-39-31-11-9-26(41(46)47)18-33(31)42(48)49)19-30-28-10-8-25-17-27(50-24(4)44)13-15-36(25,5)29(28)14-16-37(30,35)6/h8-9,11,18,21-22,27-30,35,39H,7,10,12-17,19-20H2,1-6H3,(H,38,43)/b40-32+/t21-,22-,27+,28-,29+,30+,35+,36+,37+/m1/s1. The van der Waals surface area contributed by atoms with E-state index in [4.69, 9.17) is 9.84 Å². The molecule has 272 valence electrons. The number of ketones is 1. The van der Waals surface area contributed by atoms with E-state index in [1.165, 1.54) is 31.6 Å². The van der Waals surface area contributed by atoms with Gasteiger partial charge in [-0.15, -0.1) is 0 Å². The third-order valence-electron chi connectivity index (χ3n) is 12.6. The molecule has 5 rings (SSSR count). The predicted molar refractivity (Wildman–Crippen MR) is 188 cm³/mol. The van der Waals surface area contributed by atoms with Crippen LogP contribution in [0.2, 0.25) is 0 Å². The molecule has 0 radical (unpaired) electrons. The van der Waals surface area contributed by atoms with Crippen molar-refractivity contribution in [3.63, 3.8) is 0 Å². The zero-order chi connectivity index (χ0) is 36.5. The van der Waals surface area contributed by atoms with Gasteiger partial charge in [0.25, 0.3) is 5.69 Å². The molecule has 0 aliphatic heterocycles. The highest BCUT2D eigenvalue weighted by atomic mass is 16.6. The van der Waals surface area contributed by atoms with Crippen molar-refractivity contribution in [1.29, 1.82) is 0 Å². The number of nitrogens with zero attached hydrogens (tertiary/aromatic N) is 3. The summed E-state index contributed by atoms with van der Waals surface area (Å²) in [6.45, 7) is 12.1. The second kappa shape index (κ2) is 14.6. The number of hydrogen-bond donors (Lipinski definition) is 2. The summed E-state index contributed by atoms with van der Waals surface area (Å²) in [6.07, 6.45) is 9.28. The van der Waals surface area contributed by atoms with Crippen LogP contribution >= 0.6 is 0 Å². The first-order chi connectivity index (χ1) is 23.5. The number of esters is 1. The van der Waals surface area contributed by atoms with Crippen LogP contribution < -0.4 is 10.7 Å². The number of allylic oxidation sites excluding steroid dienone is 1. The Morgan fingerprint density at radius 1 is 1.04 bits per heavy atom. The zero-order valence-corrected chi connectivity index (χ0v) is 30.0. The molecule has 1 amide bonds. The van der Waals surface area contributed by atoms with E-state index in [1.807, 2.05) is 13.8 Å². The molecule has 50 heavy (non-hydrogen) atoms. The quantitative estimate of drug-likeness (QED) is 0.0993. The molecule has 9 atom stereocenters. The molecule has 4 aliphatic carbocycles. The Morgan fingerprint density at radius 2 is 1.78 bits per heavy atom. The van der Waals surface area contributed by atoms with Gasteiger partial charge in [0, 0.05) is 56.8 Å². The number of ether oxygens (including phenoxy) is 1. The molecule has 3 fully saturated rings. The van der Waals surface area contributed by atoms with E-state index in [0.717, 1.165) is 50.3 Å². The van der Waals surface area contributed by atoms with E-state index in [2.05, 4.69) is 30.7 Å². The second-order valence-electron chi connectivity index (χ2n) is 15.7. The van der Waals surface area contributed by atoms with Crippen LogP contribution in [-0.4, -0.2) is 45.9 Å². The number of nitro benzene ring substituents is 2. The number of anilines is 1. The summed E-state index contributed by atoms with van der Waals surface area (Å²) in [5.74, 6) is 0.381. The monoisotopic (exact) mass is 693 g/mol. The van der Waals surface area contributed by atoms with E-state index in [0.29, 0.717) is 37.6 Å². The van der Waals surface area contributed by atoms with Gasteiger partial charge in [-0.05, 0) is 85.5 Å². The number of Topliss-reactive ketones (excluding diaryl/α,β-unsaturated/α-hetero) is 1. The van der Waals surface area contributed by atoms with Crippen LogP contribution in [0.5, 0.6) is 0 Å². The van der Waals surface area contributed by atoms with Crippen LogP contribution in [0, 0.1) is 66.6 Å². The lowest BCUT2D eigenvalue weighted by atomic mass is 9.47. The van der Waals surface area contributed by atoms with Crippen LogP contribution in [0.15, 0.2) is 34.9 Å². The molecule has 0 unspecified atom stereocenters. The third-order valence-corrected chi connectivity index (χ3v) is 12.6. The summed E-state index contributed by atoms with van der Waals surface area (Å²) in [6, 6.07) is 3.45. The second-order valence-corrected chi connectivity index (χ2v) is 15.7. The summed E-state index contributed by atoms with van der Waals surface area (Å²) < 4.78 is 5.62. The number of carbonyl (C=O) groups is 3. The number of hydrazone groups is 1. The predicted octanol–water partition coefficient (Wildman–Crippen LogP) is 7.15. The minimum atomic E-state index is -0.671. The molecular weight excluding hydrogens is 642 g/mol. The highest BCUT2D eigenvalue weighted by molar-refractivity contribution is 5.96. The average Bonchev–Trinajstić information content (AvgIpc) is 3.36. The smallest absolute Gasteiger partial charge is 0.302 e. The SMILES string of the molecule is CC(=O)NC[C@H](C)CCC(=O)[C@@H](C)[C@H]1/C(=N/Nc2ccc([N+](=O)[O-])cc2[N+](=O)[O-])C[C@H]2[C@@H]3CC=C4C[C@@H](OC(C)=O)CC[C@]4(C)[C@H]3CC[C@]12C. The van der Waals surface area contributed by atoms with Crippen molar-refractivity contribution in [2.24, 2.45) is 51.4 Å². The molecule has 1 aromatic carbocycles. The van der Waals surface area contributed by atoms with E-state index in [-0.39, 0.29) is 69.6 Å². The van der Waals surface area contributed by atoms with Gasteiger partial charge in [-0.2, -0.15) is 5.10 Å². The number of hydrogen-bond acceptors (Lipinski definition) is 10. The fourth-order valence-corrected chi connectivity index (χ4v) is 10.0. The summed E-state index contributed by atoms with van der Waals surface area (Å²) in [5.41, 5.74) is 4.07. The molecule has 13 heteroatoms. The molecule has 0 saturated heterocycles. The summed E-state index contributed by atoms with van der Waals surface area (Å²) in [5, 5.41) is 30.9. The molecule has 13 nitrogen and oxygen atoms in total. The van der Waals surface area contributed by atoms with Crippen molar-refractivity contribution >= 4 is 40.4 Å². The van der Waals surface area contributed by atoms with Gasteiger partial charge < -0.3 is 10.1 Å². The fourth-order valence-electron chi connectivity index (χ4n) is 10.0. The lowest BCUT2D eigenvalue weighted by Gasteiger charge is -2.58. The molecule has 1 aromatic rings. The fraction of sp³-hybridized carbons (Fsp3) is 0.676. The summed E-state index contributed by atoms with van der Waals surface area (Å²) in [4.78, 5) is 58.9. The van der Waals surface area contributed by atoms with E-state index in [1.54, 1.807) is 0 Å². The maximum atomic E-state index is 13.9. The number of fused-ring (bicyclic) bond motifs is 5. The Hall–Kier alpha value is -4.16. The summed E-state index contributed by atoms with van der Waals surface area (Å²) >= 11 is 0. The lowest BCUT2D eigenvalue weighted by molar-refractivity contribution is -0.393. The number of benzene rings is 1. The molecule has 0 bridgehead atoms. The van der Waals surface area contributed by atoms with Crippen LogP contribution in [0.1, 0.15) is 99.3 Å². The van der Waals surface area contributed by atoms with Crippen LogP contribution in [0.4, 0.5) is 17.1 Å². The molecule has 2 N–H and O–H groups in total. The lowest BCUT2D eigenvalue weighted by Crippen LogP contribution is -2.51. The number of non-ortho nitro benzene ring substituents is 1. The van der Waals surface area contributed by atoms with E-state index >= 15 is 0 Å². The third kappa shape index (κ3) is 7.32. The topological polar surface area (TPSA) is 183 Å². The Balaban J connectivity index is 1.45. The van der Waals surface area contributed by atoms with Gasteiger partial charge in [-0.3, -0.25) is 40.0 Å². The van der Waals surface area contributed by atoms with E-state index in [9.17, 15) is 34.6 Å². The molecule has 0 spiro atoms. The normalized spacial score (nSPS) is 32.0. The van der Waals surface area contributed by atoms with Crippen LogP contribution in [0.25, 0.3) is 0 Å². The molecule has 3 saturated carbocycles. The first-order valence-electron chi connectivity index (χ1n) is 17.9. The Bertz CT molecular complexity index is 1610. The van der Waals surface area contributed by atoms with Crippen molar-refractivity contribution in [3.05, 3.63) is 50.1 Å². The minimum absolute atomic E-state index is 0.000607. The minimum Gasteiger partial charge on any atom is -0.462 e. The molecule has 0 heterocycles. The summed E-state index contributed by atoms with van der Waals surface area (Å²) in [7, 11) is 0. The van der Waals surface area contributed by atoms with Crippen molar-refractivity contribution in [1.82, 2.24) is 5.32 Å². The van der Waals surface area contributed by atoms with Crippen molar-refractivity contribution in [3.8, 4) is 0 Å². The Kier molecular flexibility index (Phi) is 10.8. The van der Waals surface area contributed by atoms with Crippen molar-refractivity contribution in [2.45, 2.75) is 105 Å². The average molecular weight is 694 g/mol. The number of nitro groups is 2. The number of carbonyl (C=O) groups excluding carboxylic acids is 3. The van der Waals surface area contributed by atoms with Gasteiger partial charge in [0.1, 0.15) is 17.6 Å². The van der Waals surface area contributed by atoms with Gasteiger partial charge in [-0.25, -0.2) is 0 Å².